The summed E-state index contributed by atoms with van der Waals surface area (Å²) in [5, 5.41) is 12.3. The minimum atomic E-state index is -4.14. The zero-order chi connectivity index (χ0) is 14.9. The number of hydrogen-bond acceptors (Lipinski definition) is 3. The molecular formula is C13H24F3N3. The van der Waals surface area contributed by atoms with Crippen LogP contribution in [0.2, 0.25) is 0 Å². The van der Waals surface area contributed by atoms with E-state index in [2.05, 4.69) is 11.4 Å². The van der Waals surface area contributed by atoms with Crippen molar-refractivity contribution in [2.45, 2.75) is 51.2 Å². The summed E-state index contributed by atoms with van der Waals surface area (Å²) in [5.41, 5.74) is -0.571. The van der Waals surface area contributed by atoms with Gasteiger partial charge in [0, 0.05) is 0 Å². The Labute approximate surface area is 113 Å². The summed E-state index contributed by atoms with van der Waals surface area (Å²) in [6, 6.07) is 2.23. The molecule has 0 heterocycles. The fraction of sp³-hybridized carbons (Fsp3) is 0.923. The normalized spacial score (nSPS) is 15.3. The van der Waals surface area contributed by atoms with Gasteiger partial charge in [-0.15, -0.1) is 0 Å². The number of nitrogens with one attached hydrogen (secondary N) is 1. The average Bonchev–Trinajstić information content (AvgIpc) is 2.30. The summed E-state index contributed by atoms with van der Waals surface area (Å²) in [4.78, 5) is 1.27. The van der Waals surface area contributed by atoms with Crippen molar-refractivity contribution in [1.82, 2.24) is 10.2 Å². The molecule has 19 heavy (non-hydrogen) atoms. The van der Waals surface area contributed by atoms with Crippen molar-refractivity contribution in [3.05, 3.63) is 0 Å². The Morgan fingerprint density at radius 3 is 2.37 bits per heavy atom. The van der Waals surface area contributed by atoms with Crippen LogP contribution in [0.1, 0.15) is 39.5 Å². The average molecular weight is 279 g/mol. The molecule has 0 aliphatic heterocycles. The van der Waals surface area contributed by atoms with Crippen LogP contribution in [-0.2, 0) is 0 Å². The van der Waals surface area contributed by atoms with Crippen molar-refractivity contribution in [3.63, 3.8) is 0 Å². The van der Waals surface area contributed by atoms with Crippen LogP contribution in [0.15, 0.2) is 0 Å². The molecule has 3 nitrogen and oxygen atoms in total. The third kappa shape index (κ3) is 9.74. The standard InChI is InChI=1S/C13H24F3N3/c1-4-8-18-12(2,10-17)7-5-6-9-19(3)11-13(14,15)16/h18H,4-9,11H2,1-3H3. The fourth-order valence-electron chi connectivity index (χ4n) is 1.83. The second kappa shape index (κ2) is 8.39. The highest BCUT2D eigenvalue weighted by Gasteiger charge is 2.29. The van der Waals surface area contributed by atoms with Crippen molar-refractivity contribution in [2.24, 2.45) is 0 Å². The molecule has 0 saturated carbocycles. The number of halogens is 3. The van der Waals surface area contributed by atoms with Gasteiger partial charge in [-0.3, -0.25) is 10.2 Å². The number of hydrogen-bond donors (Lipinski definition) is 1. The lowest BCUT2D eigenvalue weighted by Gasteiger charge is -2.24. The molecule has 0 rings (SSSR count). The lowest BCUT2D eigenvalue weighted by Crippen LogP contribution is -2.41. The predicted octanol–water partition coefficient (Wildman–Crippen LogP) is 2.93. The molecule has 0 aliphatic carbocycles. The number of alkyl halides is 3. The molecule has 0 radical (unpaired) electrons. The molecule has 6 heteroatoms. The molecule has 0 saturated heterocycles. The lowest BCUT2D eigenvalue weighted by atomic mass is 9.96. The van der Waals surface area contributed by atoms with E-state index in [1.807, 2.05) is 13.8 Å². The molecule has 0 amide bonds. The van der Waals surface area contributed by atoms with E-state index in [-0.39, 0.29) is 0 Å². The van der Waals surface area contributed by atoms with Crippen molar-refractivity contribution in [2.75, 3.05) is 26.7 Å². The maximum Gasteiger partial charge on any atom is 0.401 e. The van der Waals surface area contributed by atoms with Gasteiger partial charge in [0.2, 0.25) is 0 Å². The van der Waals surface area contributed by atoms with Gasteiger partial charge in [-0.1, -0.05) is 6.92 Å². The first-order valence-electron chi connectivity index (χ1n) is 6.64. The van der Waals surface area contributed by atoms with Crippen molar-refractivity contribution < 1.29 is 13.2 Å². The van der Waals surface area contributed by atoms with Crippen LogP contribution in [0.3, 0.4) is 0 Å². The maximum atomic E-state index is 12.1. The molecule has 1 atom stereocenters. The zero-order valence-electron chi connectivity index (χ0n) is 12.0. The summed E-state index contributed by atoms with van der Waals surface area (Å²) < 4.78 is 36.3. The Morgan fingerprint density at radius 1 is 1.26 bits per heavy atom. The molecule has 0 fully saturated rings. The first kappa shape index (κ1) is 18.2. The molecule has 0 aromatic carbocycles. The van der Waals surface area contributed by atoms with Gasteiger partial charge in [0.05, 0.1) is 12.6 Å². The Kier molecular flexibility index (Phi) is 8.03. The van der Waals surface area contributed by atoms with Gasteiger partial charge in [-0.2, -0.15) is 18.4 Å². The van der Waals surface area contributed by atoms with Crippen molar-refractivity contribution >= 4 is 0 Å². The third-order valence-corrected chi connectivity index (χ3v) is 2.93. The van der Waals surface area contributed by atoms with Gasteiger partial charge in [0.25, 0.3) is 0 Å². The SMILES string of the molecule is CCCNC(C)(C#N)CCCCN(C)CC(F)(F)F. The van der Waals surface area contributed by atoms with E-state index in [9.17, 15) is 13.2 Å². The summed E-state index contributed by atoms with van der Waals surface area (Å²) in [6.45, 7) is 4.16. The van der Waals surface area contributed by atoms with Gasteiger partial charge >= 0.3 is 6.18 Å². The molecule has 112 valence electrons. The molecule has 0 bridgehead atoms. The van der Waals surface area contributed by atoms with Crippen LogP contribution in [-0.4, -0.2) is 43.3 Å². The highest BCUT2D eigenvalue weighted by Crippen LogP contribution is 2.17. The van der Waals surface area contributed by atoms with Gasteiger partial charge in [0.15, 0.2) is 0 Å². The topological polar surface area (TPSA) is 39.1 Å². The highest BCUT2D eigenvalue weighted by molar-refractivity contribution is 5.03. The third-order valence-electron chi connectivity index (χ3n) is 2.93. The van der Waals surface area contributed by atoms with Crippen LogP contribution in [0.4, 0.5) is 13.2 Å². The molecule has 0 aromatic heterocycles. The summed E-state index contributed by atoms with van der Waals surface area (Å²) in [5.74, 6) is 0. The van der Waals surface area contributed by atoms with Crippen LogP contribution in [0.5, 0.6) is 0 Å². The number of unbranched alkanes of at least 4 members (excludes halogenated alkanes) is 1. The molecule has 0 spiro atoms. The van der Waals surface area contributed by atoms with E-state index >= 15 is 0 Å². The van der Waals surface area contributed by atoms with Crippen LogP contribution in [0.25, 0.3) is 0 Å². The Balaban J connectivity index is 3.87. The maximum absolute atomic E-state index is 12.1. The highest BCUT2D eigenvalue weighted by atomic mass is 19.4. The lowest BCUT2D eigenvalue weighted by molar-refractivity contribution is -0.143. The van der Waals surface area contributed by atoms with E-state index < -0.39 is 18.3 Å². The van der Waals surface area contributed by atoms with Crippen LogP contribution in [0, 0.1) is 11.3 Å². The molecule has 0 aliphatic rings. The monoisotopic (exact) mass is 279 g/mol. The van der Waals surface area contributed by atoms with E-state index in [0.717, 1.165) is 19.4 Å². The quantitative estimate of drug-likeness (QED) is 0.660. The zero-order valence-corrected chi connectivity index (χ0v) is 12.0. The summed E-state index contributed by atoms with van der Waals surface area (Å²) >= 11 is 0. The predicted molar refractivity (Wildman–Crippen MR) is 69.7 cm³/mol. The largest absolute Gasteiger partial charge is 0.401 e. The van der Waals surface area contributed by atoms with E-state index in [1.165, 1.54) is 11.9 Å². The molecule has 0 aromatic rings. The van der Waals surface area contributed by atoms with E-state index in [1.54, 1.807) is 0 Å². The first-order valence-corrected chi connectivity index (χ1v) is 6.64. The molecule has 1 N–H and O–H groups in total. The van der Waals surface area contributed by atoms with E-state index in [4.69, 9.17) is 5.26 Å². The van der Waals surface area contributed by atoms with Gasteiger partial charge < -0.3 is 0 Å². The van der Waals surface area contributed by atoms with Gasteiger partial charge in [-0.05, 0) is 52.7 Å². The molecule has 1 unspecified atom stereocenters. The van der Waals surface area contributed by atoms with Gasteiger partial charge in [-0.25, -0.2) is 0 Å². The van der Waals surface area contributed by atoms with Crippen molar-refractivity contribution in [3.8, 4) is 6.07 Å². The molecular weight excluding hydrogens is 255 g/mol. The number of nitrogens with zero attached hydrogens (tertiary/aromatic N) is 2. The van der Waals surface area contributed by atoms with E-state index in [0.29, 0.717) is 19.4 Å². The van der Waals surface area contributed by atoms with Crippen LogP contribution < -0.4 is 5.32 Å². The minimum Gasteiger partial charge on any atom is -0.300 e. The van der Waals surface area contributed by atoms with Gasteiger partial charge in [0.1, 0.15) is 5.54 Å². The smallest absolute Gasteiger partial charge is 0.300 e. The Morgan fingerprint density at radius 2 is 1.89 bits per heavy atom. The second-order valence-corrected chi connectivity index (χ2v) is 5.18. The second-order valence-electron chi connectivity index (χ2n) is 5.18. The summed E-state index contributed by atoms with van der Waals surface area (Å²) in [7, 11) is 1.46. The first-order chi connectivity index (χ1) is 8.72. The number of nitriles is 1. The Hall–Kier alpha value is -0.800. The Bertz CT molecular complexity index is 286. The fourth-order valence-corrected chi connectivity index (χ4v) is 1.83. The minimum absolute atomic E-state index is 0.398. The van der Waals surface area contributed by atoms with Crippen LogP contribution >= 0.6 is 0 Å². The van der Waals surface area contributed by atoms with Crippen molar-refractivity contribution in [1.29, 1.82) is 5.26 Å². The number of rotatable bonds is 9. The summed E-state index contributed by atoms with van der Waals surface area (Å²) in [6.07, 6.45) is -1.13.